The number of sulfone groups is 1. The molecule has 0 atom stereocenters. The Balaban J connectivity index is 2.13. The molecule has 1 aromatic heterocycles. The van der Waals surface area contributed by atoms with Gasteiger partial charge in [0.25, 0.3) is 0 Å². The van der Waals surface area contributed by atoms with Crippen LogP contribution in [0.25, 0.3) is 5.69 Å². The molecule has 5 heteroatoms. The zero-order chi connectivity index (χ0) is 14.9. The van der Waals surface area contributed by atoms with Crippen LogP contribution in [0.2, 0.25) is 5.02 Å². The van der Waals surface area contributed by atoms with Crippen molar-refractivity contribution in [3.05, 3.63) is 77.9 Å². The largest absolute Gasteiger partial charge is 0.307 e. The quantitative estimate of drug-likeness (QED) is 0.733. The average Bonchev–Trinajstić information content (AvgIpc) is 2.99. The van der Waals surface area contributed by atoms with Gasteiger partial charge in [-0.15, -0.1) is 0 Å². The van der Waals surface area contributed by atoms with Gasteiger partial charge in [0.15, 0.2) is 0 Å². The second kappa shape index (κ2) is 5.39. The van der Waals surface area contributed by atoms with Crippen molar-refractivity contribution in [3.63, 3.8) is 0 Å². The minimum Gasteiger partial charge on any atom is -0.307 e. The first-order chi connectivity index (χ1) is 10.1. The molecular weight excluding hydrogens is 306 g/mol. The summed E-state index contributed by atoms with van der Waals surface area (Å²) in [6.45, 7) is 0. The van der Waals surface area contributed by atoms with E-state index in [1.54, 1.807) is 35.0 Å². The van der Waals surface area contributed by atoms with Gasteiger partial charge in [-0.25, -0.2) is 8.42 Å². The van der Waals surface area contributed by atoms with Gasteiger partial charge in [-0.1, -0.05) is 29.8 Å². The SMILES string of the molecule is O=S(=O)(c1ccc(Cl)cc1)c1cccn1-c1ccccc1. The fourth-order valence-electron chi connectivity index (χ4n) is 2.12. The Hall–Kier alpha value is -2.04. The van der Waals surface area contributed by atoms with E-state index in [2.05, 4.69) is 0 Å². The van der Waals surface area contributed by atoms with Crippen LogP contribution in [0.15, 0.2) is 82.8 Å². The van der Waals surface area contributed by atoms with Crippen LogP contribution in [0.3, 0.4) is 0 Å². The lowest BCUT2D eigenvalue weighted by atomic mass is 10.3. The molecule has 3 nitrogen and oxygen atoms in total. The van der Waals surface area contributed by atoms with E-state index in [9.17, 15) is 8.42 Å². The summed E-state index contributed by atoms with van der Waals surface area (Å²) < 4.78 is 27.1. The Morgan fingerprint density at radius 1 is 0.810 bits per heavy atom. The fraction of sp³-hybridized carbons (Fsp3) is 0. The molecule has 0 aliphatic heterocycles. The Morgan fingerprint density at radius 3 is 2.14 bits per heavy atom. The third-order valence-electron chi connectivity index (χ3n) is 3.15. The van der Waals surface area contributed by atoms with Gasteiger partial charge in [-0.05, 0) is 48.5 Å². The van der Waals surface area contributed by atoms with E-state index in [0.29, 0.717) is 5.02 Å². The molecule has 21 heavy (non-hydrogen) atoms. The normalized spacial score (nSPS) is 11.5. The van der Waals surface area contributed by atoms with Crippen molar-refractivity contribution in [3.8, 4) is 5.69 Å². The summed E-state index contributed by atoms with van der Waals surface area (Å²) in [5.41, 5.74) is 0.801. The van der Waals surface area contributed by atoms with Crippen LogP contribution < -0.4 is 0 Å². The van der Waals surface area contributed by atoms with Crippen molar-refractivity contribution in [1.82, 2.24) is 4.57 Å². The lowest BCUT2D eigenvalue weighted by molar-refractivity contribution is 0.589. The van der Waals surface area contributed by atoms with Crippen LogP contribution in [0, 0.1) is 0 Å². The standard InChI is InChI=1S/C16H12ClNO2S/c17-13-8-10-15(11-9-13)21(19,20)16-7-4-12-18(16)14-5-2-1-3-6-14/h1-12H. The average molecular weight is 318 g/mol. The Kier molecular flexibility index (Phi) is 3.57. The molecule has 0 radical (unpaired) electrons. The van der Waals surface area contributed by atoms with E-state index < -0.39 is 9.84 Å². The summed E-state index contributed by atoms with van der Waals surface area (Å²) in [6, 6.07) is 18.8. The highest BCUT2D eigenvalue weighted by atomic mass is 35.5. The van der Waals surface area contributed by atoms with Gasteiger partial charge in [-0.2, -0.15) is 0 Å². The van der Waals surface area contributed by atoms with Crippen LogP contribution in [-0.4, -0.2) is 13.0 Å². The zero-order valence-corrected chi connectivity index (χ0v) is 12.6. The summed E-state index contributed by atoms with van der Waals surface area (Å²) in [6.07, 6.45) is 1.73. The van der Waals surface area contributed by atoms with Gasteiger partial charge in [-0.3, -0.25) is 0 Å². The minimum atomic E-state index is -3.59. The molecule has 3 aromatic rings. The summed E-state index contributed by atoms with van der Waals surface area (Å²) in [7, 11) is -3.59. The highest BCUT2D eigenvalue weighted by molar-refractivity contribution is 7.91. The number of para-hydroxylation sites is 1. The monoisotopic (exact) mass is 317 g/mol. The Bertz CT molecular complexity index is 853. The molecule has 0 fully saturated rings. The third-order valence-corrected chi connectivity index (χ3v) is 5.17. The number of hydrogen-bond acceptors (Lipinski definition) is 2. The summed E-state index contributed by atoms with van der Waals surface area (Å²) in [5, 5.41) is 0.739. The second-order valence-electron chi connectivity index (χ2n) is 4.51. The number of halogens is 1. The van der Waals surface area contributed by atoms with Crippen molar-refractivity contribution in [1.29, 1.82) is 0 Å². The first-order valence-electron chi connectivity index (χ1n) is 6.32. The first kappa shape index (κ1) is 13.9. The zero-order valence-electron chi connectivity index (χ0n) is 11.0. The van der Waals surface area contributed by atoms with Crippen LogP contribution in [-0.2, 0) is 9.84 Å². The highest BCUT2D eigenvalue weighted by Crippen LogP contribution is 2.25. The van der Waals surface area contributed by atoms with Gasteiger partial charge >= 0.3 is 0 Å². The van der Waals surface area contributed by atoms with Crippen molar-refractivity contribution in [2.24, 2.45) is 0 Å². The van der Waals surface area contributed by atoms with Gasteiger partial charge < -0.3 is 4.57 Å². The van der Waals surface area contributed by atoms with Crippen molar-refractivity contribution >= 4 is 21.4 Å². The lowest BCUT2D eigenvalue weighted by Crippen LogP contribution is -2.08. The minimum absolute atomic E-state index is 0.225. The molecule has 0 unspecified atom stereocenters. The van der Waals surface area contributed by atoms with Gasteiger partial charge in [0.05, 0.1) is 4.90 Å². The van der Waals surface area contributed by atoms with E-state index in [1.165, 1.54) is 12.1 Å². The number of nitrogens with zero attached hydrogens (tertiary/aromatic N) is 1. The molecule has 0 saturated carbocycles. The molecule has 0 aliphatic carbocycles. The molecule has 1 heterocycles. The Morgan fingerprint density at radius 2 is 1.48 bits per heavy atom. The molecule has 0 bridgehead atoms. The number of aromatic nitrogens is 1. The van der Waals surface area contributed by atoms with Gasteiger partial charge in [0, 0.05) is 16.9 Å². The molecule has 0 saturated heterocycles. The molecule has 0 spiro atoms. The lowest BCUT2D eigenvalue weighted by Gasteiger charge is -2.10. The van der Waals surface area contributed by atoms with Crippen molar-refractivity contribution < 1.29 is 8.42 Å². The van der Waals surface area contributed by atoms with Gasteiger partial charge in [0.2, 0.25) is 9.84 Å². The molecule has 106 valence electrons. The van der Waals surface area contributed by atoms with Crippen LogP contribution >= 0.6 is 11.6 Å². The summed E-state index contributed by atoms with van der Waals surface area (Å²) in [5.74, 6) is 0. The summed E-state index contributed by atoms with van der Waals surface area (Å²) in [4.78, 5) is 0.225. The predicted octanol–water partition coefficient (Wildman–Crippen LogP) is 3.96. The fourth-order valence-corrected chi connectivity index (χ4v) is 3.67. The maximum absolute atomic E-state index is 12.7. The number of hydrogen-bond donors (Lipinski definition) is 0. The van der Waals surface area contributed by atoms with Crippen molar-refractivity contribution in [2.75, 3.05) is 0 Å². The van der Waals surface area contributed by atoms with Gasteiger partial charge in [0.1, 0.15) is 5.03 Å². The van der Waals surface area contributed by atoms with E-state index in [4.69, 9.17) is 11.6 Å². The molecule has 0 aliphatic rings. The third kappa shape index (κ3) is 2.60. The first-order valence-corrected chi connectivity index (χ1v) is 8.18. The highest BCUT2D eigenvalue weighted by Gasteiger charge is 2.21. The van der Waals surface area contributed by atoms with Crippen LogP contribution in [0.4, 0.5) is 0 Å². The van der Waals surface area contributed by atoms with Crippen molar-refractivity contribution in [2.45, 2.75) is 9.92 Å². The second-order valence-corrected chi connectivity index (χ2v) is 6.84. The van der Waals surface area contributed by atoms with E-state index in [-0.39, 0.29) is 9.92 Å². The molecule has 3 rings (SSSR count). The topological polar surface area (TPSA) is 39.1 Å². The van der Waals surface area contributed by atoms with E-state index >= 15 is 0 Å². The molecule has 0 N–H and O–H groups in total. The van der Waals surface area contributed by atoms with Crippen LogP contribution in [0.1, 0.15) is 0 Å². The maximum atomic E-state index is 12.7. The smallest absolute Gasteiger partial charge is 0.222 e. The van der Waals surface area contributed by atoms with Crippen LogP contribution in [0.5, 0.6) is 0 Å². The molecule has 2 aromatic carbocycles. The molecular formula is C16H12ClNO2S. The maximum Gasteiger partial charge on any atom is 0.222 e. The predicted molar refractivity (Wildman–Crippen MR) is 82.7 cm³/mol. The molecule has 0 amide bonds. The summed E-state index contributed by atoms with van der Waals surface area (Å²) >= 11 is 5.81. The number of rotatable bonds is 3. The van der Waals surface area contributed by atoms with E-state index in [1.807, 2.05) is 30.3 Å². The van der Waals surface area contributed by atoms with E-state index in [0.717, 1.165) is 5.69 Å². The number of benzene rings is 2. The Labute approximate surface area is 128 Å².